The number of hydrogen-bond donors (Lipinski definition) is 2. The predicted molar refractivity (Wildman–Crippen MR) is 164 cm³/mol. The molecule has 1 aliphatic rings. The number of benzene rings is 3. The Morgan fingerprint density at radius 2 is 1.83 bits per heavy atom. The molecule has 0 aliphatic carbocycles. The third-order valence-corrected chi connectivity index (χ3v) is 7.44. The molecular formula is C34H44N2O6. The molecule has 8 heteroatoms. The van der Waals surface area contributed by atoms with Crippen LogP contribution in [0.25, 0.3) is 0 Å². The second kappa shape index (κ2) is 16.9. The maximum Gasteiger partial charge on any atom is 0.226 e. The molecule has 0 spiro atoms. The van der Waals surface area contributed by atoms with Gasteiger partial charge in [-0.25, -0.2) is 0 Å². The molecule has 3 atom stereocenters. The number of para-hydroxylation sites is 1. The highest BCUT2D eigenvalue weighted by atomic mass is 16.5. The number of piperidine rings is 1. The summed E-state index contributed by atoms with van der Waals surface area (Å²) in [6, 6.07) is 24.1. The molecule has 8 nitrogen and oxygen atoms in total. The van der Waals surface area contributed by atoms with Gasteiger partial charge in [-0.3, -0.25) is 4.79 Å². The highest BCUT2D eigenvalue weighted by molar-refractivity contribution is 5.91. The number of rotatable bonds is 16. The molecule has 1 saturated heterocycles. The van der Waals surface area contributed by atoms with Crippen molar-refractivity contribution in [3.63, 3.8) is 0 Å². The molecule has 0 radical (unpaired) electrons. The van der Waals surface area contributed by atoms with Crippen molar-refractivity contribution in [1.29, 1.82) is 0 Å². The molecule has 3 unspecified atom stereocenters. The summed E-state index contributed by atoms with van der Waals surface area (Å²) in [5.74, 6) is 1.93. The Bertz CT molecular complexity index is 1230. The van der Waals surface area contributed by atoms with Crippen LogP contribution in [0.15, 0.2) is 72.8 Å². The minimum atomic E-state index is -0.122. The number of methoxy groups -OCH3 is 2. The molecule has 1 fully saturated rings. The van der Waals surface area contributed by atoms with Crippen LogP contribution in [0.1, 0.15) is 48.8 Å². The van der Waals surface area contributed by atoms with Gasteiger partial charge in [0, 0.05) is 37.2 Å². The normalized spacial score (nSPS) is 17.4. The van der Waals surface area contributed by atoms with E-state index in [0.29, 0.717) is 38.8 Å². The lowest BCUT2D eigenvalue weighted by atomic mass is 9.87. The lowest BCUT2D eigenvalue weighted by molar-refractivity contribution is -0.118. The average molecular weight is 577 g/mol. The first-order chi connectivity index (χ1) is 20.6. The van der Waals surface area contributed by atoms with E-state index in [1.807, 2.05) is 67.6 Å². The lowest BCUT2D eigenvalue weighted by Crippen LogP contribution is -2.40. The maximum atomic E-state index is 12.2. The van der Waals surface area contributed by atoms with E-state index >= 15 is 0 Å². The van der Waals surface area contributed by atoms with E-state index in [2.05, 4.69) is 22.8 Å². The molecule has 3 aromatic rings. The second-order valence-electron chi connectivity index (χ2n) is 10.6. The van der Waals surface area contributed by atoms with E-state index < -0.39 is 0 Å². The molecule has 42 heavy (non-hydrogen) atoms. The summed E-state index contributed by atoms with van der Waals surface area (Å²) in [4.78, 5) is 12.2. The number of hydrogen-bond acceptors (Lipinski definition) is 7. The third kappa shape index (κ3) is 9.84. The van der Waals surface area contributed by atoms with Crippen molar-refractivity contribution in [2.75, 3.05) is 45.8 Å². The summed E-state index contributed by atoms with van der Waals surface area (Å²) >= 11 is 0. The highest BCUT2D eigenvalue weighted by Crippen LogP contribution is 2.30. The van der Waals surface area contributed by atoms with E-state index in [-0.39, 0.29) is 18.1 Å². The molecule has 1 heterocycles. The summed E-state index contributed by atoms with van der Waals surface area (Å²) in [7, 11) is 3.28. The van der Waals surface area contributed by atoms with Gasteiger partial charge in [-0.2, -0.15) is 0 Å². The number of ether oxygens (including phenoxy) is 5. The van der Waals surface area contributed by atoms with Gasteiger partial charge in [0.2, 0.25) is 5.91 Å². The van der Waals surface area contributed by atoms with Crippen molar-refractivity contribution >= 4 is 11.6 Å². The molecule has 0 saturated carbocycles. The summed E-state index contributed by atoms with van der Waals surface area (Å²) in [6.07, 6.45) is 2.05. The monoisotopic (exact) mass is 576 g/mol. The zero-order chi connectivity index (χ0) is 29.6. The van der Waals surface area contributed by atoms with E-state index in [4.69, 9.17) is 23.7 Å². The Labute approximate surface area is 249 Å². The van der Waals surface area contributed by atoms with Crippen molar-refractivity contribution in [2.24, 2.45) is 0 Å². The smallest absolute Gasteiger partial charge is 0.226 e. The molecule has 0 aromatic heterocycles. The fourth-order valence-electron chi connectivity index (χ4n) is 5.05. The van der Waals surface area contributed by atoms with Crippen LogP contribution in [0.2, 0.25) is 0 Å². The second-order valence-corrected chi connectivity index (χ2v) is 10.6. The van der Waals surface area contributed by atoms with Gasteiger partial charge in [-0.05, 0) is 61.3 Å². The molecule has 1 aliphatic heterocycles. The average Bonchev–Trinajstić information content (AvgIpc) is 3.02. The predicted octanol–water partition coefficient (Wildman–Crippen LogP) is 5.71. The van der Waals surface area contributed by atoms with E-state index in [0.717, 1.165) is 54.2 Å². The zero-order valence-electron chi connectivity index (χ0n) is 25.0. The first-order valence-corrected chi connectivity index (χ1v) is 14.7. The van der Waals surface area contributed by atoms with Crippen molar-refractivity contribution < 1.29 is 28.5 Å². The lowest BCUT2D eigenvalue weighted by Gasteiger charge is -2.32. The topological polar surface area (TPSA) is 87.3 Å². The van der Waals surface area contributed by atoms with E-state index in [1.165, 1.54) is 5.56 Å². The molecular weight excluding hydrogens is 532 g/mol. The SMILES string of the molecule is COc1ccccc1COCCCOc1ccc(C2CCNCC2OCc2cccc(NC(=O)CC(C)OC)c2)cc1. The molecule has 2 N–H and O–H groups in total. The number of anilines is 1. The summed E-state index contributed by atoms with van der Waals surface area (Å²) < 4.78 is 28.7. The van der Waals surface area contributed by atoms with Gasteiger partial charge >= 0.3 is 0 Å². The molecule has 3 aromatic carbocycles. The Morgan fingerprint density at radius 3 is 2.64 bits per heavy atom. The van der Waals surface area contributed by atoms with Gasteiger partial charge < -0.3 is 34.3 Å². The van der Waals surface area contributed by atoms with Crippen molar-refractivity contribution in [2.45, 2.75) is 57.5 Å². The number of carbonyl (C=O) groups is 1. The van der Waals surface area contributed by atoms with E-state index in [9.17, 15) is 4.79 Å². The minimum absolute atomic E-state index is 0.0479. The summed E-state index contributed by atoms with van der Waals surface area (Å²) in [6.45, 7) is 5.83. The van der Waals surface area contributed by atoms with Crippen molar-refractivity contribution in [3.05, 3.63) is 89.5 Å². The molecule has 226 valence electrons. The molecule has 0 bridgehead atoms. The van der Waals surface area contributed by atoms with Gasteiger partial charge in [0.15, 0.2) is 0 Å². The van der Waals surface area contributed by atoms with Crippen LogP contribution in [0.5, 0.6) is 11.5 Å². The first kappa shape index (κ1) is 31.5. The number of nitrogens with one attached hydrogen (secondary N) is 2. The van der Waals surface area contributed by atoms with Gasteiger partial charge in [0.25, 0.3) is 0 Å². The number of carbonyl (C=O) groups excluding carboxylic acids is 1. The number of amides is 1. The van der Waals surface area contributed by atoms with Crippen LogP contribution >= 0.6 is 0 Å². The Morgan fingerprint density at radius 1 is 1.00 bits per heavy atom. The minimum Gasteiger partial charge on any atom is -0.496 e. The van der Waals surface area contributed by atoms with Gasteiger partial charge in [-0.15, -0.1) is 0 Å². The van der Waals surface area contributed by atoms with Gasteiger partial charge in [0.05, 0.1) is 52.2 Å². The Hall–Kier alpha value is -3.43. The van der Waals surface area contributed by atoms with Crippen LogP contribution < -0.4 is 20.1 Å². The Balaban J connectivity index is 1.21. The van der Waals surface area contributed by atoms with Crippen LogP contribution in [0.3, 0.4) is 0 Å². The molecule has 4 rings (SSSR count). The summed E-state index contributed by atoms with van der Waals surface area (Å²) in [5, 5.41) is 6.42. The van der Waals surface area contributed by atoms with Crippen LogP contribution in [-0.2, 0) is 32.2 Å². The largest absolute Gasteiger partial charge is 0.496 e. The van der Waals surface area contributed by atoms with Crippen LogP contribution in [-0.4, -0.2) is 58.6 Å². The first-order valence-electron chi connectivity index (χ1n) is 14.7. The maximum absolute atomic E-state index is 12.2. The summed E-state index contributed by atoms with van der Waals surface area (Å²) in [5.41, 5.74) is 4.08. The fourth-order valence-corrected chi connectivity index (χ4v) is 5.05. The van der Waals surface area contributed by atoms with Crippen molar-refractivity contribution in [1.82, 2.24) is 5.32 Å². The van der Waals surface area contributed by atoms with Gasteiger partial charge in [0.1, 0.15) is 11.5 Å². The van der Waals surface area contributed by atoms with Crippen molar-refractivity contribution in [3.8, 4) is 11.5 Å². The van der Waals surface area contributed by atoms with E-state index in [1.54, 1.807) is 14.2 Å². The van der Waals surface area contributed by atoms with Crippen LogP contribution in [0.4, 0.5) is 5.69 Å². The van der Waals surface area contributed by atoms with Crippen LogP contribution in [0, 0.1) is 0 Å². The third-order valence-electron chi connectivity index (χ3n) is 7.44. The van der Waals surface area contributed by atoms with Gasteiger partial charge in [-0.1, -0.05) is 42.5 Å². The highest BCUT2D eigenvalue weighted by Gasteiger charge is 2.27. The Kier molecular flexibility index (Phi) is 12.7. The molecule has 1 amide bonds. The quantitative estimate of drug-likeness (QED) is 0.211. The standard InChI is InChI=1S/C34H44N2O6/c1-25(38-2)20-34(37)36-29-10-6-8-26(21-29)23-42-33-22-35-17-16-31(33)27-12-14-30(15-13-27)41-19-7-18-40-24-28-9-4-5-11-32(28)39-3/h4-6,8-15,21,25,31,33,35H,7,16-20,22-24H2,1-3H3,(H,36,37). The fraction of sp³-hybridized carbons (Fsp3) is 0.441. The zero-order valence-corrected chi connectivity index (χ0v) is 25.0.